The van der Waals surface area contributed by atoms with Gasteiger partial charge in [-0.3, -0.25) is 0 Å². The van der Waals surface area contributed by atoms with Gasteiger partial charge in [0.2, 0.25) is 5.88 Å². The van der Waals surface area contributed by atoms with Gasteiger partial charge in [0.15, 0.2) is 12.3 Å². The van der Waals surface area contributed by atoms with E-state index >= 15 is 0 Å². The van der Waals surface area contributed by atoms with Gasteiger partial charge in [-0.2, -0.15) is 0 Å². The Morgan fingerprint density at radius 2 is 1.97 bits per heavy atom. The summed E-state index contributed by atoms with van der Waals surface area (Å²) in [4.78, 5) is 10.1. The Kier molecular flexibility index (Phi) is 6.14. The third-order valence-corrected chi connectivity index (χ3v) is 4.50. The molecule has 1 aromatic heterocycles. The van der Waals surface area contributed by atoms with Crippen molar-refractivity contribution < 1.29 is 19.1 Å². The second-order valence-corrected chi connectivity index (χ2v) is 6.66. The number of ether oxygens (including phenoxy) is 2. The summed E-state index contributed by atoms with van der Waals surface area (Å²) in [6.45, 7) is 1.05. The molecule has 1 aliphatic heterocycles. The molecule has 0 amide bonds. The molecule has 0 saturated heterocycles. The summed E-state index contributed by atoms with van der Waals surface area (Å²) in [5, 5.41) is 13.1. The first-order valence-electron chi connectivity index (χ1n) is 9.21. The van der Waals surface area contributed by atoms with Crippen molar-refractivity contribution in [2.75, 3.05) is 20.3 Å². The summed E-state index contributed by atoms with van der Waals surface area (Å²) in [5.41, 5.74) is 2.95. The third-order valence-electron chi connectivity index (χ3n) is 4.25. The Labute approximate surface area is 178 Å². The van der Waals surface area contributed by atoms with Crippen molar-refractivity contribution in [3.05, 3.63) is 76.9 Å². The Balaban J connectivity index is 1.53. The maximum Gasteiger partial charge on any atom is 0.280 e. The molecule has 0 fully saturated rings. The number of hydrogen-bond donors (Lipinski definition) is 0. The number of nitrogens with zero attached hydrogens (tertiary/aromatic N) is 4. The van der Waals surface area contributed by atoms with Crippen LogP contribution in [-0.2, 0) is 21.0 Å². The summed E-state index contributed by atoms with van der Waals surface area (Å²) < 4.78 is 13.2. The monoisotopic (exact) mass is 426 g/mol. The summed E-state index contributed by atoms with van der Waals surface area (Å²) in [6.07, 6.45) is 1.82. The van der Waals surface area contributed by atoms with Crippen LogP contribution >= 0.6 is 11.6 Å². The molecule has 0 radical (unpaired) electrons. The summed E-state index contributed by atoms with van der Waals surface area (Å²) in [7, 11) is 1.47. The van der Waals surface area contributed by atoms with Crippen molar-refractivity contribution in [1.82, 2.24) is 9.78 Å². The smallest absolute Gasteiger partial charge is 0.280 e. The molecule has 3 aromatic rings. The molecule has 0 saturated carbocycles. The van der Waals surface area contributed by atoms with Gasteiger partial charge in [0.25, 0.3) is 5.90 Å². The fourth-order valence-corrected chi connectivity index (χ4v) is 2.99. The van der Waals surface area contributed by atoms with Crippen LogP contribution in [0, 0.1) is 0 Å². The molecule has 2 aromatic carbocycles. The molecule has 1 aliphatic rings. The minimum atomic E-state index is 0.266. The minimum absolute atomic E-state index is 0.266. The van der Waals surface area contributed by atoms with Gasteiger partial charge in [0.1, 0.15) is 20.3 Å². The number of oxime groups is 2. The first-order valence-corrected chi connectivity index (χ1v) is 9.59. The van der Waals surface area contributed by atoms with Crippen molar-refractivity contribution >= 4 is 23.2 Å². The first-order chi connectivity index (χ1) is 14.7. The van der Waals surface area contributed by atoms with Gasteiger partial charge in [-0.15, -0.1) is 5.10 Å². The fourth-order valence-electron chi connectivity index (χ4n) is 2.86. The molecular formula is C21H19ClN4O4. The second-order valence-electron chi connectivity index (χ2n) is 6.22. The zero-order valence-electron chi connectivity index (χ0n) is 16.2. The summed E-state index contributed by atoms with van der Waals surface area (Å²) in [5.74, 6) is 0.752. The standard InChI is InChI=1S/C21H19ClN4O4/c1-27-24-20(21-25-30-13-12-28-21)18-5-3-2-4-15(18)14-29-19-10-11-26(23-19)17-8-6-16(22)7-9-17/h2-11H,12-14H2,1H3/b24-20+. The van der Waals surface area contributed by atoms with Gasteiger partial charge in [0.05, 0.1) is 5.69 Å². The third kappa shape index (κ3) is 4.55. The predicted octanol–water partition coefficient (Wildman–Crippen LogP) is 3.82. The number of benzene rings is 2. The Morgan fingerprint density at radius 3 is 2.73 bits per heavy atom. The van der Waals surface area contributed by atoms with Gasteiger partial charge in [-0.1, -0.05) is 41.0 Å². The van der Waals surface area contributed by atoms with Gasteiger partial charge in [-0.05, 0) is 35.0 Å². The van der Waals surface area contributed by atoms with E-state index in [1.54, 1.807) is 10.7 Å². The molecule has 0 atom stereocenters. The number of aromatic nitrogens is 2. The van der Waals surface area contributed by atoms with E-state index in [-0.39, 0.29) is 12.5 Å². The Bertz CT molecular complexity index is 1060. The lowest BCUT2D eigenvalue weighted by Crippen LogP contribution is -2.26. The SMILES string of the molecule is CO/N=C(/C1=NOCCO1)c1ccccc1COc1ccn(-c2ccc(Cl)cc2)n1. The van der Waals surface area contributed by atoms with Gasteiger partial charge < -0.3 is 19.1 Å². The molecule has 154 valence electrons. The lowest BCUT2D eigenvalue weighted by molar-refractivity contribution is 0.0672. The highest BCUT2D eigenvalue weighted by atomic mass is 35.5. The Morgan fingerprint density at radius 1 is 1.13 bits per heavy atom. The Hall–Kier alpha value is -3.52. The topological polar surface area (TPSA) is 79.5 Å². The van der Waals surface area contributed by atoms with Crippen LogP contribution in [-0.4, -0.2) is 41.7 Å². The van der Waals surface area contributed by atoms with Crippen LogP contribution in [0.25, 0.3) is 5.69 Å². The van der Waals surface area contributed by atoms with Gasteiger partial charge >= 0.3 is 0 Å². The molecule has 0 bridgehead atoms. The number of hydrogen-bond acceptors (Lipinski definition) is 7. The van der Waals surface area contributed by atoms with Crippen LogP contribution in [0.2, 0.25) is 5.02 Å². The van der Waals surface area contributed by atoms with E-state index in [9.17, 15) is 0 Å². The van der Waals surface area contributed by atoms with E-state index in [0.29, 0.717) is 29.8 Å². The fraction of sp³-hybridized carbons (Fsp3) is 0.190. The van der Waals surface area contributed by atoms with Crippen molar-refractivity contribution in [2.24, 2.45) is 10.3 Å². The summed E-state index contributed by atoms with van der Waals surface area (Å²) >= 11 is 5.94. The van der Waals surface area contributed by atoms with E-state index in [0.717, 1.165) is 16.8 Å². The van der Waals surface area contributed by atoms with Crippen LogP contribution in [0.4, 0.5) is 0 Å². The van der Waals surface area contributed by atoms with Crippen LogP contribution in [0.3, 0.4) is 0 Å². The molecule has 2 heterocycles. The van der Waals surface area contributed by atoms with Crippen molar-refractivity contribution in [2.45, 2.75) is 6.61 Å². The van der Waals surface area contributed by atoms with Crippen molar-refractivity contribution in [3.63, 3.8) is 0 Å². The molecular weight excluding hydrogens is 408 g/mol. The minimum Gasteiger partial charge on any atom is -0.472 e. The van der Waals surface area contributed by atoms with Gasteiger partial charge in [0, 0.05) is 22.8 Å². The van der Waals surface area contributed by atoms with Crippen LogP contribution in [0.5, 0.6) is 5.88 Å². The molecule has 0 spiro atoms. The lowest BCUT2D eigenvalue weighted by Gasteiger charge is -2.16. The molecule has 0 unspecified atom stereocenters. The average Bonchev–Trinajstić information content (AvgIpc) is 3.26. The van der Waals surface area contributed by atoms with E-state index in [2.05, 4.69) is 15.4 Å². The maximum absolute atomic E-state index is 5.94. The number of rotatable bonds is 7. The van der Waals surface area contributed by atoms with Crippen LogP contribution in [0.15, 0.2) is 71.1 Å². The highest BCUT2D eigenvalue weighted by molar-refractivity contribution is 6.45. The quantitative estimate of drug-likeness (QED) is 0.424. The van der Waals surface area contributed by atoms with Crippen molar-refractivity contribution in [3.8, 4) is 11.6 Å². The molecule has 4 rings (SSSR count). The number of halogens is 1. The largest absolute Gasteiger partial charge is 0.472 e. The normalized spacial score (nSPS) is 13.8. The highest BCUT2D eigenvalue weighted by Gasteiger charge is 2.21. The predicted molar refractivity (Wildman–Crippen MR) is 112 cm³/mol. The lowest BCUT2D eigenvalue weighted by atomic mass is 10.0. The van der Waals surface area contributed by atoms with Crippen LogP contribution in [0.1, 0.15) is 11.1 Å². The van der Waals surface area contributed by atoms with E-state index in [4.69, 9.17) is 30.7 Å². The zero-order chi connectivity index (χ0) is 20.8. The summed E-state index contributed by atoms with van der Waals surface area (Å²) in [6, 6.07) is 16.8. The van der Waals surface area contributed by atoms with E-state index in [1.807, 2.05) is 54.7 Å². The zero-order valence-corrected chi connectivity index (χ0v) is 17.0. The van der Waals surface area contributed by atoms with Crippen molar-refractivity contribution in [1.29, 1.82) is 0 Å². The average molecular weight is 427 g/mol. The van der Waals surface area contributed by atoms with Gasteiger partial charge in [-0.25, -0.2) is 4.68 Å². The molecule has 0 N–H and O–H groups in total. The molecule has 9 heteroatoms. The molecule has 8 nitrogen and oxygen atoms in total. The van der Waals surface area contributed by atoms with Crippen LogP contribution < -0.4 is 4.74 Å². The highest BCUT2D eigenvalue weighted by Crippen LogP contribution is 2.18. The first kappa shape index (κ1) is 19.8. The molecule has 30 heavy (non-hydrogen) atoms. The second kappa shape index (κ2) is 9.32. The van der Waals surface area contributed by atoms with E-state index in [1.165, 1.54) is 7.11 Å². The molecule has 0 aliphatic carbocycles. The van der Waals surface area contributed by atoms with E-state index < -0.39 is 0 Å². The maximum atomic E-state index is 5.94.